The minimum Gasteiger partial charge on any atom is -0.365 e. The van der Waals surface area contributed by atoms with Crippen LogP contribution < -0.4 is 4.90 Å². The van der Waals surface area contributed by atoms with Crippen molar-refractivity contribution >= 4 is 17.3 Å². The number of carbonyl (C=O) groups is 1. The minimum atomic E-state index is -0.614. The van der Waals surface area contributed by atoms with E-state index in [2.05, 4.69) is 4.90 Å². The predicted molar refractivity (Wildman–Crippen MR) is 94.3 cm³/mol. The van der Waals surface area contributed by atoms with Gasteiger partial charge >= 0.3 is 0 Å². The molecule has 1 aromatic carbocycles. The van der Waals surface area contributed by atoms with Gasteiger partial charge in [-0.15, -0.1) is 0 Å². The van der Waals surface area contributed by atoms with Crippen LogP contribution >= 0.6 is 0 Å². The Morgan fingerprint density at radius 2 is 1.96 bits per heavy atom. The van der Waals surface area contributed by atoms with Crippen LogP contribution in [0.1, 0.15) is 20.3 Å². The smallest absolute Gasteiger partial charge is 0.295 e. The van der Waals surface area contributed by atoms with E-state index in [1.807, 2.05) is 18.7 Å². The second-order valence-corrected chi connectivity index (χ2v) is 6.07. The number of nitro groups is 1. The number of carbonyl (C=O) groups excluding carboxylic acids is 1. The first-order valence-corrected chi connectivity index (χ1v) is 8.65. The molecule has 1 aromatic rings. The Morgan fingerprint density at radius 1 is 1.24 bits per heavy atom. The number of nitro benzene ring substituents is 1. The lowest BCUT2D eigenvalue weighted by molar-refractivity contribution is -0.384. The number of amides is 1. The molecule has 1 fully saturated rings. The maximum absolute atomic E-state index is 13.3. The van der Waals surface area contributed by atoms with Crippen LogP contribution in [0.3, 0.4) is 0 Å². The highest BCUT2D eigenvalue weighted by molar-refractivity contribution is 5.78. The maximum atomic E-state index is 13.3. The van der Waals surface area contributed by atoms with Crippen LogP contribution in [0.2, 0.25) is 0 Å². The zero-order chi connectivity index (χ0) is 18.4. The first kappa shape index (κ1) is 19.1. The summed E-state index contributed by atoms with van der Waals surface area (Å²) >= 11 is 0. The molecule has 0 aromatic heterocycles. The molecular weight excluding hydrogens is 327 g/mol. The fraction of sp³-hybridized carbons (Fsp3) is 0.588. The number of benzene rings is 1. The van der Waals surface area contributed by atoms with Gasteiger partial charge in [0.05, 0.1) is 17.5 Å². The zero-order valence-corrected chi connectivity index (χ0v) is 14.8. The summed E-state index contributed by atoms with van der Waals surface area (Å²) < 4.78 is 13.3. The van der Waals surface area contributed by atoms with Crippen LogP contribution in [0.15, 0.2) is 18.2 Å². The Hall–Kier alpha value is -2.22. The highest BCUT2D eigenvalue weighted by Crippen LogP contribution is 2.29. The van der Waals surface area contributed by atoms with Crippen molar-refractivity contribution in [2.24, 2.45) is 0 Å². The van der Waals surface area contributed by atoms with E-state index < -0.39 is 10.7 Å². The lowest BCUT2D eigenvalue weighted by Gasteiger charge is -2.25. The molecule has 138 valence electrons. The normalized spacial score (nSPS) is 15.7. The zero-order valence-electron chi connectivity index (χ0n) is 14.8. The molecule has 2 rings (SSSR count). The molecule has 7 nitrogen and oxygen atoms in total. The number of hydrogen-bond donors (Lipinski definition) is 0. The number of anilines is 1. The number of hydrogen-bond acceptors (Lipinski definition) is 5. The Labute approximate surface area is 147 Å². The molecule has 1 aliphatic heterocycles. The Morgan fingerprint density at radius 3 is 2.60 bits per heavy atom. The van der Waals surface area contributed by atoms with Gasteiger partial charge in [0.2, 0.25) is 5.91 Å². The summed E-state index contributed by atoms with van der Waals surface area (Å²) in [5, 5.41) is 11.2. The Balaban J connectivity index is 2.05. The van der Waals surface area contributed by atoms with Gasteiger partial charge in [-0.05, 0) is 32.4 Å². The first-order valence-electron chi connectivity index (χ1n) is 8.65. The van der Waals surface area contributed by atoms with E-state index in [-0.39, 0.29) is 11.6 Å². The van der Waals surface area contributed by atoms with E-state index in [1.165, 1.54) is 12.1 Å². The second kappa shape index (κ2) is 8.75. The van der Waals surface area contributed by atoms with Gasteiger partial charge in [0.15, 0.2) is 0 Å². The molecule has 1 amide bonds. The van der Waals surface area contributed by atoms with Gasteiger partial charge in [-0.3, -0.25) is 19.8 Å². The van der Waals surface area contributed by atoms with Crippen molar-refractivity contribution in [3.63, 3.8) is 0 Å². The molecule has 0 radical (unpaired) electrons. The summed E-state index contributed by atoms with van der Waals surface area (Å²) in [5.74, 6) is -0.511. The predicted octanol–water partition coefficient (Wildman–Crippen LogP) is 2.11. The molecule has 1 heterocycles. The van der Waals surface area contributed by atoms with Crippen LogP contribution in [0.25, 0.3) is 0 Å². The average molecular weight is 352 g/mol. The number of likely N-dealkylation sites (N-methyl/N-ethyl adjacent to an activating group) is 1. The second-order valence-electron chi connectivity index (χ2n) is 6.07. The van der Waals surface area contributed by atoms with Gasteiger partial charge in [0.1, 0.15) is 11.5 Å². The van der Waals surface area contributed by atoms with E-state index in [0.717, 1.165) is 19.0 Å². The van der Waals surface area contributed by atoms with Gasteiger partial charge in [-0.2, -0.15) is 0 Å². The van der Waals surface area contributed by atoms with Crippen molar-refractivity contribution in [2.45, 2.75) is 20.3 Å². The van der Waals surface area contributed by atoms with Gasteiger partial charge in [0, 0.05) is 39.3 Å². The van der Waals surface area contributed by atoms with Crippen LogP contribution in [0, 0.1) is 15.9 Å². The topological polar surface area (TPSA) is 69.9 Å². The van der Waals surface area contributed by atoms with E-state index in [1.54, 1.807) is 4.90 Å². The van der Waals surface area contributed by atoms with Crippen molar-refractivity contribution < 1.29 is 14.1 Å². The Bertz CT molecular complexity index is 622. The molecule has 1 saturated heterocycles. The molecule has 0 aliphatic carbocycles. The SMILES string of the molecule is CCN(CC)C(=O)CN1CCCN(c2ccc(F)cc2[N+](=O)[O-])CC1. The van der Waals surface area contributed by atoms with E-state index in [9.17, 15) is 19.3 Å². The molecular formula is C17H25FN4O3. The molecule has 0 saturated carbocycles. The lowest BCUT2D eigenvalue weighted by atomic mass is 10.2. The molecule has 1 aliphatic rings. The van der Waals surface area contributed by atoms with Crippen LogP contribution in [-0.2, 0) is 4.79 Å². The molecule has 8 heteroatoms. The highest BCUT2D eigenvalue weighted by Gasteiger charge is 2.24. The van der Waals surface area contributed by atoms with Crippen LogP contribution in [0.4, 0.5) is 15.8 Å². The van der Waals surface area contributed by atoms with Crippen molar-refractivity contribution in [2.75, 3.05) is 50.7 Å². The summed E-state index contributed by atoms with van der Waals surface area (Å²) in [6.07, 6.45) is 0.792. The Kier molecular flexibility index (Phi) is 6.69. The van der Waals surface area contributed by atoms with Crippen molar-refractivity contribution in [3.05, 3.63) is 34.1 Å². The maximum Gasteiger partial charge on any atom is 0.295 e. The van der Waals surface area contributed by atoms with Crippen LogP contribution in [0.5, 0.6) is 0 Å². The monoisotopic (exact) mass is 352 g/mol. The third-order valence-corrected chi connectivity index (χ3v) is 4.54. The molecule has 0 bridgehead atoms. The summed E-state index contributed by atoms with van der Waals surface area (Å²) in [7, 11) is 0. The van der Waals surface area contributed by atoms with Gasteiger partial charge in [-0.25, -0.2) is 4.39 Å². The average Bonchev–Trinajstić information content (AvgIpc) is 2.81. The molecule has 0 unspecified atom stereocenters. The molecule has 0 atom stereocenters. The van der Waals surface area contributed by atoms with Crippen LogP contribution in [-0.4, -0.2) is 66.4 Å². The summed E-state index contributed by atoms with van der Waals surface area (Å²) in [4.78, 5) is 28.7. The standard InChI is InChI=1S/C17H25FN4O3/c1-3-20(4-2)17(23)13-19-8-5-9-21(11-10-19)15-7-6-14(18)12-16(15)22(24)25/h6-7,12H,3-5,8-11,13H2,1-2H3. The van der Waals surface area contributed by atoms with Gasteiger partial charge in [-0.1, -0.05) is 0 Å². The molecule has 0 N–H and O–H groups in total. The summed E-state index contributed by atoms with van der Waals surface area (Å²) in [5.41, 5.74) is 0.219. The van der Waals surface area contributed by atoms with Crippen molar-refractivity contribution in [1.82, 2.24) is 9.80 Å². The third-order valence-electron chi connectivity index (χ3n) is 4.54. The summed E-state index contributed by atoms with van der Waals surface area (Å²) in [6, 6.07) is 3.67. The third kappa shape index (κ3) is 4.88. The number of nitrogens with zero attached hydrogens (tertiary/aromatic N) is 4. The lowest BCUT2D eigenvalue weighted by Crippen LogP contribution is -2.41. The van der Waals surface area contributed by atoms with Gasteiger partial charge < -0.3 is 9.80 Å². The first-order chi connectivity index (χ1) is 12.0. The summed E-state index contributed by atoms with van der Waals surface area (Å²) in [6.45, 7) is 8.27. The van der Waals surface area contributed by atoms with E-state index in [0.29, 0.717) is 45.0 Å². The fourth-order valence-electron chi connectivity index (χ4n) is 3.15. The van der Waals surface area contributed by atoms with E-state index in [4.69, 9.17) is 0 Å². The highest BCUT2D eigenvalue weighted by atomic mass is 19.1. The quantitative estimate of drug-likeness (QED) is 0.579. The number of rotatable bonds is 6. The molecule has 25 heavy (non-hydrogen) atoms. The van der Waals surface area contributed by atoms with Crippen molar-refractivity contribution in [3.8, 4) is 0 Å². The van der Waals surface area contributed by atoms with Crippen molar-refractivity contribution in [1.29, 1.82) is 0 Å². The fourth-order valence-corrected chi connectivity index (χ4v) is 3.15. The molecule has 0 spiro atoms. The van der Waals surface area contributed by atoms with E-state index >= 15 is 0 Å². The largest absolute Gasteiger partial charge is 0.365 e. The number of halogens is 1. The minimum absolute atomic E-state index is 0.103. The van der Waals surface area contributed by atoms with Gasteiger partial charge in [0.25, 0.3) is 5.69 Å².